The van der Waals surface area contributed by atoms with E-state index in [0.717, 1.165) is 44.5 Å². The van der Waals surface area contributed by atoms with Gasteiger partial charge in [0.15, 0.2) is 5.78 Å². The second-order valence-corrected chi connectivity index (χ2v) is 9.47. The maximum atomic E-state index is 12.8. The molecule has 5 rings (SSSR count). The Kier molecular flexibility index (Phi) is 6.82. The summed E-state index contributed by atoms with van der Waals surface area (Å²) in [6.07, 6.45) is 3.17. The second kappa shape index (κ2) is 10.3. The van der Waals surface area contributed by atoms with Crippen LogP contribution in [0.2, 0.25) is 0 Å². The van der Waals surface area contributed by atoms with E-state index in [-0.39, 0.29) is 29.6 Å². The van der Waals surface area contributed by atoms with Crippen molar-refractivity contribution in [2.45, 2.75) is 31.8 Å². The number of ketones is 1. The Morgan fingerprint density at radius 1 is 0.667 bits per heavy atom. The number of hydrogen-bond donors (Lipinski definition) is 3. The molecule has 3 aromatic carbocycles. The monoisotopic (exact) mass is 483 g/mol. The maximum absolute atomic E-state index is 12.8. The van der Waals surface area contributed by atoms with Crippen molar-refractivity contribution in [3.05, 3.63) is 89.5 Å². The number of carbonyl (C=O) groups is 3. The van der Waals surface area contributed by atoms with Gasteiger partial charge in [-0.15, -0.1) is 0 Å². The Bertz CT molecular complexity index is 1240. The number of amides is 2. The summed E-state index contributed by atoms with van der Waals surface area (Å²) < 4.78 is 0. The zero-order chi connectivity index (χ0) is 25.1. The lowest BCUT2D eigenvalue weighted by Crippen LogP contribution is -2.35. The summed E-state index contributed by atoms with van der Waals surface area (Å²) in [5.41, 5.74) is 3.91. The number of nitrogens with zero attached hydrogens (tertiary/aromatic N) is 1. The van der Waals surface area contributed by atoms with Crippen LogP contribution in [0.5, 0.6) is 0 Å². The van der Waals surface area contributed by atoms with E-state index in [4.69, 9.17) is 0 Å². The summed E-state index contributed by atoms with van der Waals surface area (Å²) >= 11 is 0. The van der Waals surface area contributed by atoms with Crippen molar-refractivity contribution < 1.29 is 19.5 Å². The molecule has 2 amide bonds. The number of hydrogen-bond acceptors (Lipinski definition) is 5. The first-order valence-corrected chi connectivity index (χ1v) is 12.4. The Balaban J connectivity index is 1.17. The van der Waals surface area contributed by atoms with Crippen LogP contribution in [-0.2, 0) is 4.79 Å². The molecule has 0 aromatic heterocycles. The molecular formula is C29H29N3O4. The largest absolute Gasteiger partial charge is 0.393 e. The molecule has 7 heteroatoms. The lowest BCUT2D eigenvalue weighted by atomic mass is 10.0. The maximum Gasteiger partial charge on any atom is 0.255 e. The lowest BCUT2D eigenvalue weighted by molar-refractivity contribution is -0.117. The number of piperidine rings is 1. The molecule has 1 aliphatic carbocycles. The van der Waals surface area contributed by atoms with E-state index in [1.165, 1.54) is 0 Å². The predicted octanol–water partition coefficient (Wildman–Crippen LogP) is 4.48. The highest BCUT2D eigenvalue weighted by molar-refractivity contribution is 6.10. The van der Waals surface area contributed by atoms with Gasteiger partial charge in [-0.3, -0.25) is 14.4 Å². The number of benzene rings is 3. The van der Waals surface area contributed by atoms with Gasteiger partial charge in [0.05, 0.1) is 6.10 Å². The van der Waals surface area contributed by atoms with Gasteiger partial charge in [0.1, 0.15) is 0 Å². The van der Waals surface area contributed by atoms with Crippen LogP contribution in [0.1, 0.15) is 52.0 Å². The molecule has 0 radical (unpaired) electrons. The molecule has 0 spiro atoms. The summed E-state index contributed by atoms with van der Waals surface area (Å²) in [6.45, 7) is 1.61. The molecule has 0 bridgehead atoms. The molecule has 36 heavy (non-hydrogen) atoms. The van der Waals surface area contributed by atoms with E-state index in [0.29, 0.717) is 28.1 Å². The number of nitrogens with one attached hydrogen (secondary N) is 2. The van der Waals surface area contributed by atoms with Gasteiger partial charge in [0.25, 0.3) is 5.91 Å². The summed E-state index contributed by atoms with van der Waals surface area (Å²) in [5, 5.41) is 15.4. The van der Waals surface area contributed by atoms with Crippen molar-refractivity contribution in [3.63, 3.8) is 0 Å². The van der Waals surface area contributed by atoms with Crippen molar-refractivity contribution in [1.82, 2.24) is 0 Å². The van der Waals surface area contributed by atoms with Crippen molar-refractivity contribution in [3.8, 4) is 0 Å². The Morgan fingerprint density at radius 3 is 1.69 bits per heavy atom. The molecule has 7 nitrogen and oxygen atoms in total. The molecule has 184 valence electrons. The van der Waals surface area contributed by atoms with E-state index in [1.54, 1.807) is 60.7 Å². The molecule has 1 saturated carbocycles. The molecule has 0 unspecified atom stereocenters. The van der Waals surface area contributed by atoms with Gasteiger partial charge in [-0.2, -0.15) is 0 Å². The van der Waals surface area contributed by atoms with Gasteiger partial charge in [0.2, 0.25) is 5.91 Å². The van der Waals surface area contributed by atoms with Gasteiger partial charge in [-0.1, -0.05) is 0 Å². The SMILES string of the molecule is O=C(Nc1ccc(C(=O)c2ccc(NC(=O)C3CC3)cc2)cc1)c1ccc(N2CCC(O)CC2)cc1. The zero-order valence-corrected chi connectivity index (χ0v) is 19.9. The minimum absolute atomic E-state index is 0.0328. The fourth-order valence-corrected chi connectivity index (χ4v) is 4.32. The van der Waals surface area contributed by atoms with E-state index < -0.39 is 0 Å². The predicted molar refractivity (Wildman–Crippen MR) is 140 cm³/mol. The van der Waals surface area contributed by atoms with Crippen LogP contribution in [0, 0.1) is 5.92 Å². The van der Waals surface area contributed by atoms with Gasteiger partial charge in [-0.25, -0.2) is 0 Å². The van der Waals surface area contributed by atoms with Crippen LogP contribution < -0.4 is 15.5 Å². The van der Waals surface area contributed by atoms with Crippen LogP contribution in [0.25, 0.3) is 0 Å². The topological polar surface area (TPSA) is 98.7 Å². The molecule has 1 heterocycles. The fourth-order valence-electron chi connectivity index (χ4n) is 4.32. The van der Waals surface area contributed by atoms with Crippen LogP contribution >= 0.6 is 0 Å². The standard InChI is InChI=1S/C29H29N3O4/c33-26-15-17-32(18-16-26)25-13-7-22(8-14-25)29(36)31-24-11-5-20(6-12-24)27(34)19-3-9-23(10-4-19)30-28(35)21-1-2-21/h3-14,21,26,33H,1-2,15-18H2,(H,30,35)(H,31,36). The molecule has 0 atom stereocenters. The average molecular weight is 484 g/mol. The normalized spacial score (nSPS) is 15.9. The smallest absolute Gasteiger partial charge is 0.255 e. The molecule has 2 fully saturated rings. The number of aliphatic hydroxyl groups is 1. The molecule has 1 saturated heterocycles. The Labute approximate surface area is 210 Å². The highest BCUT2D eigenvalue weighted by Gasteiger charge is 2.29. The Hall–Kier alpha value is -3.97. The van der Waals surface area contributed by atoms with E-state index in [9.17, 15) is 19.5 Å². The van der Waals surface area contributed by atoms with E-state index in [2.05, 4.69) is 15.5 Å². The van der Waals surface area contributed by atoms with E-state index in [1.807, 2.05) is 12.1 Å². The third-order valence-electron chi connectivity index (χ3n) is 6.73. The Morgan fingerprint density at radius 2 is 1.17 bits per heavy atom. The van der Waals surface area contributed by atoms with Gasteiger partial charge >= 0.3 is 0 Å². The second-order valence-electron chi connectivity index (χ2n) is 9.47. The summed E-state index contributed by atoms with van der Waals surface area (Å²) in [6, 6.07) is 21.1. The van der Waals surface area contributed by atoms with Gasteiger partial charge in [-0.05, 0) is 98.5 Å². The van der Waals surface area contributed by atoms with Crippen LogP contribution in [-0.4, -0.2) is 41.9 Å². The third-order valence-corrected chi connectivity index (χ3v) is 6.73. The third kappa shape index (κ3) is 5.63. The van der Waals surface area contributed by atoms with Gasteiger partial charge < -0.3 is 20.6 Å². The van der Waals surface area contributed by atoms with Crippen LogP contribution in [0.3, 0.4) is 0 Å². The molecule has 3 aromatic rings. The number of aliphatic hydroxyl groups excluding tert-OH is 1. The lowest BCUT2D eigenvalue weighted by Gasteiger charge is -2.31. The van der Waals surface area contributed by atoms with Crippen molar-refractivity contribution in [2.24, 2.45) is 5.92 Å². The number of anilines is 3. The van der Waals surface area contributed by atoms with Crippen molar-refractivity contribution in [2.75, 3.05) is 28.6 Å². The molecular weight excluding hydrogens is 454 g/mol. The van der Waals surface area contributed by atoms with Crippen LogP contribution in [0.15, 0.2) is 72.8 Å². The quantitative estimate of drug-likeness (QED) is 0.431. The molecule has 2 aliphatic rings. The molecule has 1 aliphatic heterocycles. The summed E-state index contributed by atoms with van der Waals surface area (Å²) in [5.74, 6) is -0.197. The summed E-state index contributed by atoms with van der Waals surface area (Å²) in [4.78, 5) is 39.6. The number of carbonyl (C=O) groups excluding carboxylic acids is 3. The first kappa shape index (κ1) is 23.8. The first-order valence-electron chi connectivity index (χ1n) is 12.4. The minimum atomic E-state index is -0.224. The average Bonchev–Trinajstić information content (AvgIpc) is 3.76. The van der Waals surface area contributed by atoms with Crippen LogP contribution in [0.4, 0.5) is 17.1 Å². The first-order chi connectivity index (χ1) is 17.5. The zero-order valence-electron chi connectivity index (χ0n) is 19.9. The highest BCUT2D eigenvalue weighted by Crippen LogP contribution is 2.30. The fraction of sp³-hybridized carbons (Fsp3) is 0.276. The summed E-state index contributed by atoms with van der Waals surface area (Å²) in [7, 11) is 0. The van der Waals surface area contributed by atoms with Crippen molar-refractivity contribution >= 4 is 34.7 Å². The minimum Gasteiger partial charge on any atom is -0.393 e. The molecule has 3 N–H and O–H groups in total. The van der Waals surface area contributed by atoms with E-state index >= 15 is 0 Å². The number of rotatable bonds is 7. The van der Waals surface area contributed by atoms with Gasteiger partial charge in [0, 0.05) is 52.8 Å². The highest BCUT2D eigenvalue weighted by atomic mass is 16.3. The van der Waals surface area contributed by atoms with Crippen molar-refractivity contribution in [1.29, 1.82) is 0 Å².